The van der Waals surface area contributed by atoms with Crippen LogP contribution < -0.4 is 14.9 Å². The SMILES string of the molecule is CN(SCCO)c1ccc2c(c1)N1CCC(C/C=C/CN=C(N)/C(C#N)=C\C=C\2)CC1. The molecule has 4 rings (SSSR count). The van der Waals surface area contributed by atoms with E-state index in [1.165, 1.54) is 5.69 Å². The molecule has 0 aliphatic carbocycles. The molecule has 31 heavy (non-hydrogen) atoms. The van der Waals surface area contributed by atoms with Crippen LogP contribution >= 0.6 is 11.9 Å². The predicted octanol–water partition coefficient (Wildman–Crippen LogP) is 3.76. The predicted molar refractivity (Wildman–Crippen MR) is 132 cm³/mol. The van der Waals surface area contributed by atoms with Gasteiger partial charge >= 0.3 is 0 Å². The number of nitrogens with two attached hydrogens (primary N) is 1. The largest absolute Gasteiger partial charge is 0.395 e. The summed E-state index contributed by atoms with van der Waals surface area (Å²) in [5, 5.41) is 18.6. The van der Waals surface area contributed by atoms with Gasteiger partial charge in [-0.25, -0.2) is 0 Å². The van der Waals surface area contributed by atoms with Crippen molar-refractivity contribution in [2.24, 2.45) is 16.6 Å². The molecule has 0 radical (unpaired) electrons. The second-order valence-corrected chi connectivity index (χ2v) is 8.93. The topological polar surface area (TPSA) is 88.9 Å². The molecule has 3 aliphatic heterocycles. The highest BCUT2D eigenvalue weighted by molar-refractivity contribution is 8.00. The zero-order valence-electron chi connectivity index (χ0n) is 18.1. The van der Waals surface area contributed by atoms with E-state index in [1.807, 2.05) is 25.3 Å². The average Bonchev–Trinajstić information content (AvgIpc) is 2.79. The summed E-state index contributed by atoms with van der Waals surface area (Å²) in [6.07, 6.45) is 13.2. The smallest absolute Gasteiger partial charge is 0.136 e. The maximum Gasteiger partial charge on any atom is 0.136 e. The molecule has 0 aromatic heterocycles. The Hall–Kier alpha value is -2.69. The maximum atomic E-state index is 9.43. The van der Waals surface area contributed by atoms with Gasteiger partial charge < -0.3 is 20.0 Å². The third-order valence-electron chi connectivity index (χ3n) is 5.65. The highest BCUT2D eigenvalue weighted by atomic mass is 32.2. The van der Waals surface area contributed by atoms with Crippen molar-refractivity contribution in [3.8, 4) is 6.07 Å². The Morgan fingerprint density at radius 1 is 1.32 bits per heavy atom. The first-order chi connectivity index (χ1) is 15.1. The Kier molecular flexibility index (Phi) is 8.63. The summed E-state index contributed by atoms with van der Waals surface area (Å²) in [5.41, 5.74) is 9.78. The van der Waals surface area contributed by atoms with E-state index in [0.717, 1.165) is 43.6 Å². The lowest BCUT2D eigenvalue weighted by atomic mass is 9.92. The van der Waals surface area contributed by atoms with E-state index >= 15 is 0 Å². The number of aliphatic imine (C=N–C) groups is 1. The quantitative estimate of drug-likeness (QED) is 0.551. The lowest BCUT2D eigenvalue weighted by molar-refractivity contribution is 0.322. The van der Waals surface area contributed by atoms with Gasteiger partial charge in [-0.1, -0.05) is 30.4 Å². The first kappa shape index (κ1) is 23.0. The monoisotopic (exact) mass is 437 g/mol. The van der Waals surface area contributed by atoms with Crippen molar-refractivity contribution in [2.45, 2.75) is 19.3 Å². The Bertz CT molecular complexity index is 907. The molecule has 3 N–H and O–H groups in total. The van der Waals surface area contributed by atoms with Gasteiger partial charge in [-0.3, -0.25) is 4.99 Å². The molecule has 6 nitrogen and oxygen atoms in total. The van der Waals surface area contributed by atoms with Crippen LogP contribution in [0.1, 0.15) is 24.8 Å². The maximum absolute atomic E-state index is 9.43. The zero-order valence-corrected chi connectivity index (χ0v) is 18.9. The van der Waals surface area contributed by atoms with Gasteiger partial charge in [0.15, 0.2) is 0 Å². The van der Waals surface area contributed by atoms with Crippen LogP contribution in [0.3, 0.4) is 0 Å². The fourth-order valence-corrected chi connectivity index (χ4v) is 4.45. The molecule has 3 aliphatic rings. The first-order valence-electron chi connectivity index (χ1n) is 10.7. The van der Waals surface area contributed by atoms with Crippen molar-refractivity contribution in [2.75, 3.05) is 48.2 Å². The molecule has 0 amide bonds. The minimum atomic E-state index is 0.157. The van der Waals surface area contributed by atoms with Crippen LogP contribution in [0.15, 0.2) is 53.1 Å². The van der Waals surface area contributed by atoms with Crippen LogP contribution in [-0.2, 0) is 0 Å². The number of allylic oxidation sites excluding steroid dienone is 3. The summed E-state index contributed by atoms with van der Waals surface area (Å²) in [4.78, 5) is 6.78. The van der Waals surface area contributed by atoms with E-state index in [0.29, 0.717) is 23.8 Å². The Labute approximate surface area is 189 Å². The molecular formula is C24H31N5OS. The summed E-state index contributed by atoms with van der Waals surface area (Å²) in [6, 6.07) is 8.57. The number of fused-ring (bicyclic) bond motifs is 7. The summed E-state index contributed by atoms with van der Waals surface area (Å²) < 4.78 is 2.10. The van der Waals surface area contributed by atoms with Gasteiger partial charge in [-0.15, -0.1) is 0 Å². The normalized spacial score (nSPS) is 21.4. The number of aliphatic hydroxyl groups excluding tert-OH is 1. The van der Waals surface area contributed by atoms with Crippen molar-refractivity contribution < 1.29 is 5.11 Å². The lowest BCUT2D eigenvalue weighted by Crippen LogP contribution is -2.34. The number of hydrogen-bond acceptors (Lipinski definition) is 7. The number of nitrogens with zero attached hydrogens (tertiary/aromatic N) is 4. The van der Waals surface area contributed by atoms with Crippen molar-refractivity contribution >= 4 is 35.2 Å². The highest BCUT2D eigenvalue weighted by Crippen LogP contribution is 2.33. The molecule has 1 fully saturated rings. The summed E-state index contributed by atoms with van der Waals surface area (Å²) in [5.74, 6) is 1.62. The van der Waals surface area contributed by atoms with Crippen LogP contribution in [0.25, 0.3) is 6.08 Å². The number of aliphatic hydroxyl groups is 1. The molecule has 0 saturated carbocycles. The van der Waals surface area contributed by atoms with Gasteiger partial charge in [-0.2, -0.15) is 5.26 Å². The van der Waals surface area contributed by atoms with E-state index in [4.69, 9.17) is 10.8 Å². The molecule has 1 saturated heterocycles. The van der Waals surface area contributed by atoms with Gasteiger partial charge in [0.05, 0.1) is 18.7 Å². The fraction of sp³-hybridized carbons (Fsp3) is 0.417. The minimum Gasteiger partial charge on any atom is -0.395 e. The highest BCUT2D eigenvalue weighted by Gasteiger charge is 2.21. The molecule has 0 unspecified atom stereocenters. The van der Waals surface area contributed by atoms with Gasteiger partial charge in [0.1, 0.15) is 11.9 Å². The molecule has 3 heterocycles. The standard InChI is InChI=1S/C24H31N5OS/c1-28(31-16-15-30)22-9-8-20-6-4-7-21(18-25)24(26)27-12-3-2-5-19-10-13-29(14-11-19)23(20)17-22/h2-4,6-9,17,19,30H,5,10-16H2,1H3,(H2,26,27)/b3-2+,6-4+,21-7-. The van der Waals surface area contributed by atoms with Crippen molar-refractivity contribution in [1.82, 2.24) is 0 Å². The number of rotatable bonds is 4. The number of anilines is 2. The molecule has 0 spiro atoms. The Morgan fingerprint density at radius 3 is 2.87 bits per heavy atom. The molecular weight excluding hydrogens is 406 g/mol. The van der Waals surface area contributed by atoms with Crippen molar-refractivity contribution in [3.05, 3.63) is 53.6 Å². The van der Waals surface area contributed by atoms with Gasteiger partial charge in [-0.05, 0) is 60.9 Å². The third-order valence-corrected chi connectivity index (χ3v) is 6.61. The Morgan fingerprint density at radius 2 is 2.13 bits per heavy atom. The van der Waals surface area contributed by atoms with E-state index < -0.39 is 0 Å². The van der Waals surface area contributed by atoms with E-state index in [-0.39, 0.29) is 12.4 Å². The molecule has 7 heteroatoms. The minimum absolute atomic E-state index is 0.157. The molecule has 1 aromatic rings. The zero-order chi connectivity index (χ0) is 22.1. The van der Waals surface area contributed by atoms with Crippen LogP contribution in [-0.4, -0.2) is 50.0 Å². The number of amidine groups is 1. The van der Waals surface area contributed by atoms with Crippen LogP contribution in [0, 0.1) is 17.2 Å². The summed E-state index contributed by atoms with van der Waals surface area (Å²) in [7, 11) is 2.02. The third kappa shape index (κ3) is 6.39. The average molecular weight is 438 g/mol. The van der Waals surface area contributed by atoms with Gasteiger partial charge in [0.2, 0.25) is 0 Å². The number of nitriles is 1. The lowest BCUT2D eigenvalue weighted by Gasteiger charge is -2.35. The Balaban J connectivity index is 1.96. The molecule has 0 atom stereocenters. The molecule has 1 aromatic carbocycles. The fourth-order valence-electron chi connectivity index (χ4n) is 3.83. The van der Waals surface area contributed by atoms with Crippen molar-refractivity contribution in [3.63, 3.8) is 0 Å². The van der Waals surface area contributed by atoms with E-state index in [2.05, 4.69) is 44.5 Å². The number of hydrogen-bond donors (Lipinski definition) is 2. The van der Waals surface area contributed by atoms with Crippen LogP contribution in [0.2, 0.25) is 0 Å². The summed E-state index contributed by atoms with van der Waals surface area (Å²) in [6.45, 7) is 2.72. The second-order valence-electron chi connectivity index (χ2n) is 7.71. The van der Waals surface area contributed by atoms with E-state index in [9.17, 15) is 5.26 Å². The second kappa shape index (κ2) is 11.6. The number of piperidine rings is 1. The first-order valence-corrected chi connectivity index (χ1v) is 11.7. The summed E-state index contributed by atoms with van der Waals surface area (Å²) >= 11 is 1.60. The molecule has 164 valence electrons. The van der Waals surface area contributed by atoms with Crippen LogP contribution in [0.5, 0.6) is 0 Å². The van der Waals surface area contributed by atoms with Gasteiger partial charge in [0, 0.05) is 37.3 Å². The van der Waals surface area contributed by atoms with Crippen LogP contribution in [0.4, 0.5) is 11.4 Å². The van der Waals surface area contributed by atoms with Gasteiger partial charge in [0.25, 0.3) is 0 Å². The molecule has 2 bridgehead atoms. The van der Waals surface area contributed by atoms with Crippen molar-refractivity contribution in [1.29, 1.82) is 5.26 Å². The number of benzene rings is 1. The van der Waals surface area contributed by atoms with E-state index in [1.54, 1.807) is 18.0 Å².